The number of carbonyl (C=O) groups is 1. The molecule has 204 valence electrons. The van der Waals surface area contributed by atoms with E-state index in [0.29, 0.717) is 109 Å². The second kappa shape index (κ2) is 15.9. The lowest BCUT2D eigenvalue weighted by Gasteiger charge is -2.36. The van der Waals surface area contributed by atoms with Crippen LogP contribution in [0.2, 0.25) is 0 Å². The molecule has 5 N–H and O–H groups in total. The number of phenols is 1. The van der Waals surface area contributed by atoms with Crippen LogP contribution in [0.25, 0.3) is 11.3 Å². The Hall–Kier alpha value is -3.03. The number of piperazine rings is 1. The third kappa shape index (κ3) is 9.41. The maximum atomic E-state index is 12.6. The Bertz CT molecular complexity index is 957. The van der Waals surface area contributed by atoms with Crippen LogP contribution in [0.1, 0.15) is 6.42 Å². The zero-order valence-corrected chi connectivity index (χ0v) is 21.2. The number of amides is 1. The molecule has 0 aliphatic carbocycles. The van der Waals surface area contributed by atoms with Gasteiger partial charge in [-0.1, -0.05) is 12.1 Å². The summed E-state index contributed by atoms with van der Waals surface area (Å²) in [4.78, 5) is 16.5. The van der Waals surface area contributed by atoms with E-state index in [0.717, 1.165) is 5.69 Å². The Kier molecular flexibility index (Phi) is 12.3. The van der Waals surface area contributed by atoms with Gasteiger partial charge in [0.15, 0.2) is 5.82 Å². The first-order valence-electron chi connectivity index (χ1n) is 12.6. The predicted octanol–water partition coefficient (Wildman–Crippen LogP) is 0.495. The fourth-order valence-corrected chi connectivity index (χ4v) is 3.83. The standard InChI is InChI=1S/C25H38N6O6/c26-6-12-35-14-16-37-18-17-36-15-13-34-11-5-24(33)31-9-7-30(8-10-31)22-19-21(28-29-25(22)27)20-3-1-2-4-23(20)32/h1-4,19,32H,5-18,26H2,(H2,27,29). The summed E-state index contributed by atoms with van der Waals surface area (Å²) in [7, 11) is 0. The molecule has 1 aliphatic heterocycles. The molecule has 2 heterocycles. The molecule has 12 heteroatoms. The number of para-hydroxylation sites is 1. The van der Waals surface area contributed by atoms with E-state index in [-0.39, 0.29) is 11.7 Å². The van der Waals surface area contributed by atoms with Gasteiger partial charge < -0.3 is 45.3 Å². The summed E-state index contributed by atoms with van der Waals surface area (Å²) in [6, 6.07) is 8.79. The number of nitrogens with two attached hydrogens (primary N) is 2. The molecule has 1 aliphatic rings. The van der Waals surface area contributed by atoms with Gasteiger partial charge in [-0.2, -0.15) is 0 Å². The fourth-order valence-electron chi connectivity index (χ4n) is 3.83. The summed E-state index contributed by atoms with van der Waals surface area (Å²) < 4.78 is 21.6. The zero-order chi connectivity index (χ0) is 26.3. The van der Waals surface area contributed by atoms with Crippen molar-refractivity contribution in [2.45, 2.75) is 6.42 Å². The van der Waals surface area contributed by atoms with E-state index in [4.69, 9.17) is 30.4 Å². The molecule has 0 radical (unpaired) electrons. The molecule has 0 spiro atoms. The Morgan fingerprint density at radius 3 is 2.08 bits per heavy atom. The van der Waals surface area contributed by atoms with Crippen molar-refractivity contribution < 1.29 is 28.8 Å². The SMILES string of the molecule is NCCOCCOCCOCCOCCC(=O)N1CCN(c2cc(-c3ccccc3O)nnc2N)CC1. The maximum Gasteiger partial charge on any atom is 0.225 e. The van der Waals surface area contributed by atoms with Gasteiger partial charge in [0.25, 0.3) is 0 Å². The van der Waals surface area contributed by atoms with Crippen LogP contribution in [-0.2, 0) is 23.7 Å². The molecule has 1 aromatic carbocycles. The van der Waals surface area contributed by atoms with Crippen LogP contribution in [-0.4, -0.2) is 112 Å². The van der Waals surface area contributed by atoms with Crippen molar-refractivity contribution >= 4 is 17.4 Å². The molecular weight excluding hydrogens is 480 g/mol. The van der Waals surface area contributed by atoms with E-state index in [1.165, 1.54) is 0 Å². The molecule has 0 atom stereocenters. The number of aromatic nitrogens is 2. The zero-order valence-electron chi connectivity index (χ0n) is 21.2. The average Bonchev–Trinajstić information content (AvgIpc) is 2.92. The van der Waals surface area contributed by atoms with Gasteiger partial charge in [-0.05, 0) is 18.2 Å². The van der Waals surface area contributed by atoms with Crippen molar-refractivity contribution in [1.29, 1.82) is 0 Å². The highest BCUT2D eigenvalue weighted by atomic mass is 16.6. The monoisotopic (exact) mass is 518 g/mol. The number of phenolic OH excluding ortho intramolecular Hbond substituents is 1. The molecular formula is C25H38N6O6. The quantitative estimate of drug-likeness (QED) is 0.266. The van der Waals surface area contributed by atoms with Crippen LogP contribution in [0.3, 0.4) is 0 Å². The highest BCUT2D eigenvalue weighted by Gasteiger charge is 2.23. The smallest absolute Gasteiger partial charge is 0.225 e. The van der Waals surface area contributed by atoms with Gasteiger partial charge in [-0.25, -0.2) is 0 Å². The summed E-state index contributed by atoms with van der Waals surface area (Å²) in [5.74, 6) is 0.505. The number of rotatable bonds is 16. The Balaban J connectivity index is 1.29. The average molecular weight is 519 g/mol. The first-order chi connectivity index (χ1) is 18.1. The second-order valence-electron chi connectivity index (χ2n) is 8.37. The number of nitrogen functional groups attached to an aromatic ring is 1. The van der Waals surface area contributed by atoms with Crippen LogP contribution < -0.4 is 16.4 Å². The summed E-state index contributed by atoms with van der Waals surface area (Å²) >= 11 is 0. The Morgan fingerprint density at radius 2 is 1.46 bits per heavy atom. The lowest BCUT2D eigenvalue weighted by Crippen LogP contribution is -2.49. The van der Waals surface area contributed by atoms with E-state index in [9.17, 15) is 9.90 Å². The Labute approximate surface area is 217 Å². The minimum Gasteiger partial charge on any atom is -0.507 e. The van der Waals surface area contributed by atoms with E-state index in [1.54, 1.807) is 18.2 Å². The molecule has 1 saturated heterocycles. The lowest BCUT2D eigenvalue weighted by molar-refractivity contribution is -0.132. The molecule has 1 fully saturated rings. The van der Waals surface area contributed by atoms with Crippen molar-refractivity contribution in [2.75, 3.05) is 96.2 Å². The summed E-state index contributed by atoms with van der Waals surface area (Å²) in [6.07, 6.45) is 0.322. The number of aromatic hydroxyl groups is 1. The van der Waals surface area contributed by atoms with Crippen LogP contribution in [0.15, 0.2) is 30.3 Å². The molecule has 3 rings (SSSR count). The molecule has 0 bridgehead atoms. The van der Waals surface area contributed by atoms with Crippen molar-refractivity contribution in [1.82, 2.24) is 15.1 Å². The van der Waals surface area contributed by atoms with Crippen LogP contribution >= 0.6 is 0 Å². The molecule has 2 aromatic rings. The van der Waals surface area contributed by atoms with Crippen LogP contribution in [0, 0.1) is 0 Å². The van der Waals surface area contributed by atoms with Gasteiger partial charge in [0.1, 0.15) is 5.75 Å². The molecule has 0 unspecified atom stereocenters. The predicted molar refractivity (Wildman–Crippen MR) is 139 cm³/mol. The highest BCUT2D eigenvalue weighted by Crippen LogP contribution is 2.31. The van der Waals surface area contributed by atoms with Crippen LogP contribution in [0.4, 0.5) is 11.5 Å². The number of anilines is 2. The number of carbonyl (C=O) groups excluding carboxylic acids is 1. The summed E-state index contributed by atoms with van der Waals surface area (Å²) in [5, 5.41) is 18.3. The number of benzene rings is 1. The first kappa shape index (κ1) is 28.5. The van der Waals surface area contributed by atoms with Crippen LogP contribution in [0.5, 0.6) is 5.75 Å². The molecule has 0 saturated carbocycles. The lowest BCUT2D eigenvalue weighted by atomic mass is 10.1. The topological polar surface area (TPSA) is 159 Å². The Morgan fingerprint density at radius 1 is 0.865 bits per heavy atom. The van der Waals surface area contributed by atoms with Crippen molar-refractivity contribution in [3.05, 3.63) is 30.3 Å². The largest absolute Gasteiger partial charge is 0.507 e. The maximum absolute atomic E-state index is 12.6. The number of ether oxygens (including phenoxy) is 4. The highest BCUT2D eigenvalue weighted by molar-refractivity contribution is 5.77. The number of hydrogen-bond acceptors (Lipinski definition) is 11. The first-order valence-corrected chi connectivity index (χ1v) is 12.6. The van der Waals surface area contributed by atoms with E-state index in [2.05, 4.69) is 15.1 Å². The number of hydrogen-bond donors (Lipinski definition) is 3. The summed E-state index contributed by atoms with van der Waals surface area (Å²) in [6.45, 7) is 6.69. The molecule has 1 amide bonds. The molecule has 12 nitrogen and oxygen atoms in total. The minimum absolute atomic E-state index is 0.0570. The van der Waals surface area contributed by atoms with Gasteiger partial charge >= 0.3 is 0 Å². The van der Waals surface area contributed by atoms with E-state index in [1.807, 2.05) is 17.0 Å². The van der Waals surface area contributed by atoms with Gasteiger partial charge in [0.2, 0.25) is 5.91 Å². The third-order valence-electron chi connectivity index (χ3n) is 5.79. The summed E-state index contributed by atoms with van der Waals surface area (Å²) in [5.41, 5.74) is 13.3. The van der Waals surface area contributed by atoms with E-state index >= 15 is 0 Å². The van der Waals surface area contributed by atoms with E-state index < -0.39 is 0 Å². The molecule has 1 aromatic heterocycles. The van der Waals surface area contributed by atoms with Crippen molar-refractivity contribution in [3.8, 4) is 17.0 Å². The second-order valence-corrected chi connectivity index (χ2v) is 8.37. The fraction of sp³-hybridized carbons (Fsp3) is 0.560. The van der Waals surface area contributed by atoms with Gasteiger partial charge in [-0.15, -0.1) is 10.2 Å². The van der Waals surface area contributed by atoms with Gasteiger partial charge in [0, 0.05) is 38.3 Å². The molecule has 37 heavy (non-hydrogen) atoms. The minimum atomic E-state index is 0.0570. The van der Waals surface area contributed by atoms with Gasteiger partial charge in [-0.3, -0.25) is 4.79 Å². The van der Waals surface area contributed by atoms with Crippen molar-refractivity contribution in [3.63, 3.8) is 0 Å². The number of nitrogens with zero attached hydrogens (tertiary/aromatic N) is 4. The third-order valence-corrected chi connectivity index (χ3v) is 5.79. The van der Waals surface area contributed by atoms with Gasteiger partial charge in [0.05, 0.1) is 70.7 Å². The normalized spacial score (nSPS) is 13.8. The van der Waals surface area contributed by atoms with Crippen molar-refractivity contribution in [2.24, 2.45) is 5.73 Å².